The Morgan fingerprint density at radius 2 is 2.22 bits per heavy atom. The zero-order valence-electron chi connectivity index (χ0n) is 10.8. The molecule has 1 rings (SSSR count). The Bertz CT molecular complexity index is 493. The highest BCUT2D eigenvalue weighted by atomic mass is 16.6. The van der Waals surface area contributed by atoms with Crippen LogP contribution in [0.1, 0.15) is 25.8 Å². The normalized spacial score (nSPS) is 13.4. The molecule has 5 nitrogen and oxygen atoms in total. The van der Waals surface area contributed by atoms with E-state index in [2.05, 4.69) is 6.07 Å². The van der Waals surface area contributed by atoms with Gasteiger partial charge in [0.2, 0.25) is 0 Å². The van der Waals surface area contributed by atoms with Gasteiger partial charge in [-0.2, -0.15) is 5.26 Å². The first-order chi connectivity index (χ1) is 8.45. The molecule has 0 aliphatic rings. The summed E-state index contributed by atoms with van der Waals surface area (Å²) in [6, 6.07) is 7.06. The lowest BCUT2D eigenvalue weighted by molar-refractivity contribution is -0.385. The molecule has 0 aromatic heterocycles. The average molecular weight is 248 g/mol. The van der Waals surface area contributed by atoms with E-state index in [0.29, 0.717) is 12.8 Å². The minimum Gasteiger partial charge on any atom is -0.490 e. The molecule has 0 spiro atoms. The Morgan fingerprint density at radius 1 is 1.56 bits per heavy atom. The molecule has 1 aromatic rings. The summed E-state index contributed by atoms with van der Waals surface area (Å²) in [5, 5.41) is 20.0. The third-order valence-corrected chi connectivity index (χ3v) is 3.08. The number of rotatable bonds is 5. The van der Waals surface area contributed by atoms with Crippen LogP contribution in [0.2, 0.25) is 0 Å². The summed E-state index contributed by atoms with van der Waals surface area (Å²) in [6.07, 6.45) is 1.19. The van der Waals surface area contributed by atoms with Crippen LogP contribution in [-0.4, -0.2) is 12.0 Å². The van der Waals surface area contributed by atoms with Crippen molar-refractivity contribution in [3.63, 3.8) is 0 Å². The van der Waals surface area contributed by atoms with Crippen molar-refractivity contribution in [3.8, 4) is 11.8 Å². The van der Waals surface area contributed by atoms with Gasteiger partial charge in [0, 0.05) is 6.07 Å². The Balaban J connectivity index is 3.10. The van der Waals surface area contributed by atoms with E-state index in [1.807, 2.05) is 13.8 Å². The standard InChI is InChI=1S/C13H16N2O3/c1-4-13(2,9-14)8-10-5-6-12(18-3)11(7-10)15(16)17/h5-7H,4,8H2,1-3H3. The number of ether oxygens (including phenoxy) is 1. The lowest BCUT2D eigenvalue weighted by Crippen LogP contribution is -2.15. The molecule has 1 unspecified atom stereocenters. The van der Waals surface area contributed by atoms with Crippen molar-refractivity contribution in [1.82, 2.24) is 0 Å². The third kappa shape index (κ3) is 2.98. The highest BCUT2D eigenvalue weighted by Gasteiger charge is 2.24. The minimum absolute atomic E-state index is 0.0635. The molecule has 1 atom stereocenters. The van der Waals surface area contributed by atoms with Gasteiger partial charge in [-0.25, -0.2) is 0 Å². The summed E-state index contributed by atoms with van der Waals surface area (Å²) in [5.74, 6) is 0.235. The maximum atomic E-state index is 10.9. The van der Waals surface area contributed by atoms with Gasteiger partial charge in [0.05, 0.1) is 23.5 Å². The third-order valence-electron chi connectivity index (χ3n) is 3.08. The Kier molecular flexibility index (Phi) is 4.27. The molecule has 0 saturated heterocycles. The molecule has 18 heavy (non-hydrogen) atoms. The molecule has 96 valence electrons. The molecule has 0 radical (unpaired) electrons. The van der Waals surface area contributed by atoms with Crippen molar-refractivity contribution in [3.05, 3.63) is 33.9 Å². The van der Waals surface area contributed by atoms with E-state index in [1.165, 1.54) is 13.2 Å². The molecule has 0 saturated carbocycles. The monoisotopic (exact) mass is 248 g/mol. The summed E-state index contributed by atoms with van der Waals surface area (Å²) < 4.78 is 4.94. The molecule has 1 aromatic carbocycles. The maximum Gasteiger partial charge on any atom is 0.311 e. The van der Waals surface area contributed by atoms with Gasteiger partial charge in [0.1, 0.15) is 0 Å². The van der Waals surface area contributed by atoms with E-state index in [1.54, 1.807) is 12.1 Å². The Hall–Kier alpha value is -2.09. The number of benzene rings is 1. The molecule has 0 fully saturated rings. The van der Waals surface area contributed by atoms with Gasteiger partial charge in [-0.15, -0.1) is 0 Å². The first-order valence-corrected chi connectivity index (χ1v) is 5.68. The largest absolute Gasteiger partial charge is 0.490 e. The van der Waals surface area contributed by atoms with Gasteiger partial charge in [-0.05, 0) is 31.4 Å². The van der Waals surface area contributed by atoms with Crippen LogP contribution in [0.5, 0.6) is 5.75 Å². The maximum absolute atomic E-state index is 10.9. The second kappa shape index (κ2) is 5.50. The van der Waals surface area contributed by atoms with Crippen LogP contribution in [0.15, 0.2) is 18.2 Å². The van der Waals surface area contributed by atoms with Crippen LogP contribution in [0, 0.1) is 26.9 Å². The van der Waals surface area contributed by atoms with Crippen molar-refractivity contribution in [2.45, 2.75) is 26.7 Å². The fourth-order valence-electron chi connectivity index (χ4n) is 1.68. The topological polar surface area (TPSA) is 76.2 Å². The summed E-state index contributed by atoms with van der Waals surface area (Å²) >= 11 is 0. The molecule has 0 aliphatic heterocycles. The van der Waals surface area contributed by atoms with Crippen LogP contribution in [0.3, 0.4) is 0 Å². The fourth-order valence-corrected chi connectivity index (χ4v) is 1.68. The van der Waals surface area contributed by atoms with Crippen LogP contribution < -0.4 is 4.74 Å². The molecule has 5 heteroatoms. The molecular weight excluding hydrogens is 232 g/mol. The number of hydrogen-bond donors (Lipinski definition) is 0. The van der Waals surface area contributed by atoms with E-state index in [4.69, 9.17) is 10.00 Å². The first kappa shape index (κ1) is 14.0. The van der Waals surface area contributed by atoms with Crippen molar-refractivity contribution < 1.29 is 9.66 Å². The predicted octanol–water partition coefficient (Wildman–Crippen LogP) is 3.09. The smallest absolute Gasteiger partial charge is 0.311 e. The molecule has 0 bridgehead atoms. The van der Waals surface area contributed by atoms with Gasteiger partial charge in [0.15, 0.2) is 5.75 Å². The highest BCUT2D eigenvalue weighted by molar-refractivity contribution is 5.49. The Morgan fingerprint density at radius 3 is 2.67 bits per heavy atom. The number of nitro benzene ring substituents is 1. The molecular formula is C13H16N2O3. The summed E-state index contributed by atoms with van der Waals surface area (Å²) in [6.45, 7) is 3.78. The van der Waals surface area contributed by atoms with Gasteiger partial charge in [0.25, 0.3) is 0 Å². The van der Waals surface area contributed by atoms with E-state index >= 15 is 0 Å². The van der Waals surface area contributed by atoms with Gasteiger partial charge < -0.3 is 4.74 Å². The van der Waals surface area contributed by atoms with Gasteiger partial charge in [-0.1, -0.05) is 13.0 Å². The van der Waals surface area contributed by atoms with E-state index in [0.717, 1.165) is 5.56 Å². The number of nitriles is 1. The number of methoxy groups -OCH3 is 1. The van der Waals surface area contributed by atoms with Crippen molar-refractivity contribution >= 4 is 5.69 Å². The van der Waals surface area contributed by atoms with Crippen LogP contribution in [0.25, 0.3) is 0 Å². The minimum atomic E-state index is -0.498. The summed E-state index contributed by atoms with van der Waals surface area (Å²) in [5.41, 5.74) is 0.211. The Labute approximate surface area is 106 Å². The van der Waals surface area contributed by atoms with Crippen LogP contribution in [-0.2, 0) is 6.42 Å². The molecule has 0 aliphatic carbocycles. The molecule has 0 heterocycles. The highest BCUT2D eigenvalue weighted by Crippen LogP contribution is 2.31. The second-order valence-corrected chi connectivity index (χ2v) is 4.47. The zero-order chi connectivity index (χ0) is 13.8. The van der Waals surface area contributed by atoms with Crippen LogP contribution >= 0.6 is 0 Å². The average Bonchev–Trinajstić information content (AvgIpc) is 2.38. The lowest BCUT2D eigenvalue weighted by atomic mass is 9.83. The van der Waals surface area contributed by atoms with Crippen molar-refractivity contribution in [2.75, 3.05) is 7.11 Å². The number of nitrogens with zero attached hydrogens (tertiary/aromatic N) is 2. The predicted molar refractivity (Wildman–Crippen MR) is 67.4 cm³/mol. The number of hydrogen-bond acceptors (Lipinski definition) is 4. The zero-order valence-corrected chi connectivity index (χ0v) is 10.8. The van der Waals surface area contributed by atoms with E-state index in [9.17, 15) is 10.1 Å². The lowest BCUT2D eigenvalue weighted by Gasteiger charge is -2.19. The van der Waals surface area contributed by atoms with Crippen molar-refractivity contribution in [2.24, 2.45) is 5.41 Å². The summed E-state index contributed by atoms with van der Waals surface area (Å²) in [7, 11) is 1.40. The van der Waals surface area contributed by atoms with Crippen LogP contribution in [0.4, 0.5) is 5.69 Å². The summed E-state index contributed by atoms with van der Waals surface area (Å²) in [4.78, 5) is 10.4. The van der Waals surface area contributed by atoms with Crippen molar-refractivity contribution in [1.29, 1.82) is 5.26 Å². The number of nitro groups is 1. The fraction of sp³-hybridized carbons (Fsp3) is 0.462. The van der Waals surface area contributed by atoms with E-state index < -0.39 is 10.3 Å². The van der Waals surface area contributed by atoms with Gasteiger partial charge in [-0.3, -0.25) is 10.1 Å². The van der Waals surface area contributed by atoms with Gasteiger partial charge >= 0.3 is 5.69 Å². The first-order valence-electron chi connectivity index (χ1n) is 5.68. The second-order valence-electron chi connectivity index (χ2n) is 4.47. The SMILES string of the molecule is CCC(C)(C#N)Cc1ccc(OC)c([N+](=O)[O-])c1. The molecule has 0 N–H and O–H groups in total. The molecule has 0 amide bonds. The van der Waals surface area contributed by atoms with E-state index in [-0.39, 0.29) is 11.4 Å². The quantitative estimate of drug-likeness (QED) is 0.592.